The van der Waals surface area contributed by atoms with E-state index in [4.69, 9.17) is 11.6 Å². The number of nitrogens with one attached hydrogen (secondary N) is 2. The Morgan fingerprint density at radius 1 is 1.42 bits per heavy atom. The summed E-state index contributed by atoms with van der Waals surface area (Å²) in [4.78, 5) is 30.0. The van der Waals surface area contributed by atoms with Crippen LogP contribution in [0.2, 0.25) is 5.02 Å². The van der Waals surface area contributed by atoms with Gasteiger partial charge in [-0.2, -0.15) is 0 Å². The number of rotatable bonds is 3. The van der Waals surface area contributed by atoms with E-state index in [1.165, 1.54) is 0 Å². The first-order valence-electron chi connectivity index (χ1n) is 7.58. The molecule has 124 valence electrons. The number of amides is 2. The molecule has 0 saturated carbocycles. The van der Waals surface area contributed by atoms with Crippen LogP contribution in [0.1, 0.15) is 0 Å². The maximum Gasteiger partial charge on any atom is 0.249 e. The summed E-state index contributed by atoms with van der Waals surface area (Å²) in [5.41, 5.74) is 0. The number of hydrogen-bond donors (Lipinski definition) is 2. The van der Waals surface area contributed by atoms with Crippen molar-refractivity contribution >= 4 is 40.0 Å². The second kappa shape index (κ2) is 6.98. The van der Waals surface area contributed by atoms with Crippen LogP contribution in [0.15, 0.2) is 43.1 Å². The molecule has 0 radical (unpaired) electrons. The molecule has 1 saturated heterocycles. The van der Waals surface area contributed by atoms with Gasteiger partial charge >= 0.3 is 0 Å². The molecule has 1 aliphatic rings. The average molecular weight is 345 g/mol. The van der Waals surface area contributed by atoms with Crippen LogP contribution >= 0.6 is 11.6 Å². The van der Waals surface area contributed by atoms with Crippen LogP contribution in [0.25, 0.3) is 10.8 Å². The number of anilines is 1. The minimum absolute atomic E-state index is 0.368. The summed E-state index contributed by atoms with van der Waals surface area (Å²) in [6, 6.07) is 7.05. The average Bonchev–Trinajstić information content (AvgIpc) is 2.60. The zero-order valence-corrected chi connectivity index (χ0v) is 13.7. The number of piperazine rings is 1. The van der Waals surface area contributed by atoms with E-state index in [1.807, 2.05) is 29.2 Å². The number of nitrogens with zero attached hydrogens (tertiary/aromatic N) is 2. The first-order chi connectivity index (χ1) is 11.6. The predicted molar refractivity (Wildman–Crippen MR) is 94.1 cm³/mol. The van der Waals surface area contributed by atoms with Gasteiger partial charge in [-0.1, -0.05) is 18.2 Å². The van der Waals surface area contributed by atoms with Gasteiger partial charge in [-0.25, -0.2) is 4.98 Å². The highest BCUT2D eigenvalue weighted by Crippen LogP contribution is 2.27. The third kappa shape index (κ3) is 3.39. The lowest BCUT2D eigenvalue weighted by Gasteiger charge is -2.34. The molecule has 2 N–H and O–H groups in total. The lowest BCUT2D eigenvalue weighted by atomic mass is 10.1. The van der Waals surface area contributed by atoms with Crippen molar-refractivity contribution in [3.05, 3.63) is 48.1 Å². The van der Waals surface area contributed by atoms with Gasteiger partial charge in [0.1, 0.15) is 11.9 Å². The normalized spacial score (nSPS) is 17.5. The number of carbonyl (C=O) groups excluding carboxylic acids is 2. The quantitative estimate of drug-likeness (QED) is 0.825. The highest BCUT2D eigenvalue weighted by Gasteiger charge is 2.27. The lowest BCUT2D eigenvalue weighted by molar-refractivity contribution is -0.129. The van der Waals surface area contributed by atoms with Gasteiger partial charge in [-0.15, -0.1) is 0 Å². The highest BCUT2D eigenvalue weighted by molar-refractivity contribution is 6.31. The molecule has 1 fully saturated rings. The van der Waals surface area contributed by atoms with Crippen LogP contribution in [-0.4, -0.2) is 42.5 Å². The number of aromatic nitrogens is 1. The van der Waals surface area contributed by atoms with Gasteiger partial charge in [0.05, 0.1) is 0 Å². The summed E-state index contributed by atoms with van der Waals surface area (Å²) in [5, 5.41) is 8.05. The molecule has 24 heavy (non-hydrogen) atoms. The van der Waals surface area contributed by atoms with Crippen molar-refractivity contribution in [1.29, 1.82) is 0 Å². The second-order valence-corrected chi connectivity index (χ2v) is 5.95. The molecule has 1 atom stereocenters. The summed E-state index contributed by atoms with van der Waals surface area (Å²) in [7, 11) is 0. The molecule has 2 heterocycles. The molecule has 1 aromatic carbocycles. The van der Waals surface area contributed by atoms with Crippen molar-refractivity contribution in [2.24, 2.45) is 0 Å². The van der Waals surface area contributed by atoms with E-state index in [0.29, 0.717) is 24.7 Å². The van der Waals surface area contributed by atoms with E-state index in [-0.39, 0.29) is 5.91 Å². The molecule has 7 heteroatoms. The molecule has 0 aliphatic carbocycles. The van der Waals surface area contributed by atoms with Crippen molar-refractivity contribution in [2.45, 2.75) is 6.04 Å². The molecule has 1 unspecified atom stereocenters. The van der Waals surface area contributed by atoms with Gasteiger partial charge < -0.3 is 10.2 Å². The van der Waals surface area contributed by atoms with E-state index in [2.05, 4.69) is 22.2 Å². The summed E-state index contributed by atoms with van der Waals surface area (Å²) in [6.45, 7) is 5.10. The van der Waals surface area contributed by atoms with E-state index in [1.54, 1.807) is 6.20 Å². The van der Waals surface area contributed by atoms with Crippen molar-refractivity contribution < 1.29 is 9.59 Å². The van der Waals surface area contributed by atoms with E-state index in [9.17, 15) is 9.59 Å². The largest absolute Gasteiger partial charge is 0.353 e. The van der Waals surface area contributed by atoms with Crippen LogP contribution in [0.3, 0.4) is 0 Å². The molecule has 2 aromatic rings. The van der Waals surface area contributed by atoms with Crippen LogP contribution < -0.4 is 15.5 Å². The molecular formula is C17H17ClN4O2. The smallest absolute Gasteiger partial charge is 0.249 e. The standard InChI is InChI=1S/C17H17ClN4O2/c1-2-15(23)21-17(24)14-10-22(8-7-19-14)16-13-4-3-12(18)9-11(13)5-6-20-16/h2-6,9,14,19H,1,7-8,10H2,(H,21,23,24). The van der Waals surface area contributed by atoms with Gasteiger partial charge in [-0.05, 0) is 35.7 Å². The van der Waals surface area contributed by atoms with Gasteiger partial charge in [-0.3, -0.25) is 14.9 Å². The van der Waals surface area contributed by atoms with Gasteiger partial charge in [0, 0.05) is 36.2 Å². The number of carbonyl (C=O) groups is 2. The summed E-state index contributed by atoms with van der Waals surface area (Å²) in [6.07, 6.45) is 2.81. The molecule has 1 aromatic heterocycles. The van der Waals surface area contributed by atoms with Gasteiger partial charge in [0.2, 0.25) is 11.8 Å². The predicted octanol–water partition coefficient (Wildman–Crippen LogP) is 1.50. The van der Waals surface area contributed by atoms with Crippen molar-refractivity contribution in [2.75, 3.05) is 24.5 Å². The maximum absolute atomic E-state index is 12.1. The Morgan fingerprint density at radius 3 is 3.04 bits per heavy atom. The zero-order valence-electron chi connectivity index (χ0n) is 13.0. The molecule has 3 rings (SSSR count). The zero-order chi connectivity index (χ0) is 17.1. The third-order valence-electron chi connectivity index (χ3n) is 3.93. The number of imide groups is 1. The molecule has 0 bridgehead atoms. The van der Waals surface area contributed by atoms with Crippen molar-refractivity contribution in [3.63, 3.8) is 0 Å². The topological polar surface area (TPSA) is 74.3 Å². The van der Waals surface area contributed by atoms with Gasteiger partial charge in [0.25, 0.3) is 0 Å². The van der Waals surface area contributed by atoms with Crippen LogP contribution in [0, 0.1) is 0 Å². The Morgan fingerprint density at radius 2 is 2.25 bits per heavy atom. The Labute approximate surface area is 144 Å². The molecule has 1 aliphatic heterocycles. The fourth-order valence-electron chi connectivity index (χ4n) is 2.76. The highest BCUT2D eigenvalue weighted by atomic mass is 35.5. The summed E-state index contributed by atoms with van der Waals surface area (Å²) in [5.74, 6) is -0.0664. The minimum Gasteiger partial charge on any atom is -0.353 e. The fraction of sp³-hybridized carbons (Fsp3) is 0.235. The number of benzene rings is 1. The van der Waals surface area contributed by atoms with Crippen LogP contribution in [-0.2, 0) is 9.59 Å². The van der Waals surface area contributed by atoms with Crippen LogP contribution in [0.4, 0.5) is 5.82 Å². The Hall–Kier alpha value is -2.44. The van der Waals surface area contributed by atoms with Crippen molar-refractivity contribution in [3.8, 4) is 0 Å². The summed E-state index contributed by atoms with van der Waals surface area (Å²) >= 11 is 6.05. The SMILES string of the molecule is C=CC(=O)NC(=O)C1CN(c2nccc3cc(Cl)ccc23)CCN1. The number of halogens is 1. The summed E-state index contributed by atoms with van der Waals surface area (Å²) < 4.78 is 0. The van der Waals surface area contributed by atoms with E-state index >= 15 is 0 Å². The molecule has 6 nitrogen and oxygen atoms in total. The molecule has 0 spiro atoms. The van der Waals surface area contributed by atoms with Gasteiger partial charge in [0.15, 0.2) is 0 Å². The minimum atomic E-state index is -0.503. The number of pyridine rings is 1. The Kier molecular flexibility index (Phi) is 4.78. The monoisotopic (exact) mass is 344 g/mol. The van der Waals surface area contributed by atoms with E-state index < -0.39 is 11.9 Å². The lowest BCUT2D eigenvalue weighted by Crippen LogP contribution is -2.58. The number of fused-ring (bicyclic) bond motifs is 1. The Balaban J connectivity index is 1.84. The Bertz CT molecular complexity index is 808. The first-order valence-corrected chi connectivity index (χ1v) is 7.96. The molecular weight excluding hydrogens is 328 g/mol. The fourth-order valence-corrected chi connectivity index (χ4v) is 2.94. The second-order valence-electron chi connectivity index (χ2n) is 5.51. The van der Waals surface area contributed by atoms with Crippen molar-refractivity contribution in [1.82, 2.24) is 15.6 Å². The maximum atomic E-state index is 12.1. The third-order valence-corrected chi connectivity index (χ3v) is 4.16. The number of hydrogen-bond acceptors (Lipinski definition) is 5. The van der Waals surface area contributed by atoms with E-state index in [0.717, 1.165) is 22.7 Å². The van der Waals surface area contributed by atoms with Crippen LogP contribution in [0.5, 0.6) is 0 Å². The molecule has 2 amide bonds. The first kappa shape index (κ1) is 16.4.